The summed E-state index contributed by atoms with van der Waals surface area (Å²) in [5, 5.41) is 5.65. The molecule has 1 aliphatic carbocycles. The minimum absolute atomic E-state index is 0. The SMILES string of the molecule is Cc1ccc(CN[C@@H]2CC[C@H]2Oc2ccc(F)c(C(F)(F)F)c2)c2ccncc12.Cl. The van der Waals surface area contributed by atoms with Gasteiger partial charge in [-0.2, -0.15) is 13.2 Å². The van der Waals surface area contributed by atoms with Crippen LogP contribution in [-0.4, -0.2) is 17.1 Å². The van der Waals surface area contributed by atoms with Crippen LogP contribution < -0.4 is 10.1 Å². The predicted molar refractivity (Wildman–Crippen MR) is 109 cm³/mol. The molecule has 4 rings (SSSR count). The smallest absolute Gasteiger partial charge is 0.419 e. The number of hydrogen-bond acceptors (Lipinski definition) is 3. The largest absolute Gasteiger partial charge is 0.489 e. The highest BCUT2D eigenvalue weighted by Gasteiger charge is 2.36. The first kappa shape index (κ1) is 22.3. The van der Waals surface area contributed by atoms with Crippen LogP contribution in [0.4, 0.5) is 17.6 Å². The molecule has 0 aliphatic heterocycles. The Kier molecular flexibility index (Phi) is 6.53. The Morgan fingerprint density at radius 1 is 1.10 bits per heavy atom. The number of alkyl halides is 3. The van der Waals surface area contributed by atoms with Gasteiger partial charge in [-0.05, 0) is 60.5 Å². The Balaban J connectivity index is 0.00000256. The molecule has 3 aromatic rings. The van der Waals surface area contributed by atoms with E-state index in [9.17, 15) is 17.6 Å². The van der Waals surface area contributed by atoms with Gasteiger partial charge in [-0.3, -0.25) is 4.98 Å². The van der Waals surface area contributed by atoms with Crippen LogP contribution in [0, 0.1) is 12.7 Å². The van der Waals surface area contributed by atoms with Crippen LogP contribution in [0.25, 0.3) is 10.8 Å². The fourth-order valence-electron chi connectivity index (χ4n) is 3.60. The van der Waals surface area contributed by atoms with E-state index in [-0.39, 0.29) is 30.3 Å². The number of halogens is 5. The van der Waals surface area contributed by atoms with Crippen molar-refractivity contribution in [2.75, 3.05) is 0 Å². The summed E-state index contributed by atoms with van der Waals surface area (Å²) in [6, 6.07) is 8.87. The number of fused-ring (bicyclic) bond motifs is 1. The molecule has 0 radical (unpaired) electrons. The monoisotopic (exact) mass is 440 g/mol. The molecule has 0 saturated heterocycles. The van der Waals surface area contributed by atoms with E-state index in [1.165, 1.54) is 6.07 Å². The average Bonchev–Trinajstić information content (AvgIpc) is 2.67. The van der Waals surface area contributed by atoms with Gasteiger partial charge in [-0.25, -0.2) is 4.39 Å². The Morgan fingerprint density at radius 3 is 2.60 bits per heavy atom. The average molecular weight is 441 g/mol. The van der Waals surface area contributed by atoms with Crippen LogP contribution in [-0.2, 0) is 12.7 Å². The van der Waals surface area contributed by atoms with Gasteiger partial charge in [0.1, 0.15) is 17.7 Å². The lowest BCUT2D eigenvalue weighted by Crippen LogP contribution is -2.50. The molecule has 2 aromatic carbocycles. The highest BCUT2D eigenvalue weighted by molar-refractivity contribution is 5.87. The van der Waals surface area contributed by atoms with Gasteiger partial charge in [-0.1, -0.05) is 12.1 Å². The molecule has 1 saturated carbocycles. The van der Waals surface area contributed by atoms with Crippen molar-refractivity contribution < 1.29 is 22.3 Å². The molecule has 0 amide bonds. The molecule has 0 bridgehead atoms. The Hall–Kier alpha value is -2.38. The highest BCUT2D eigenvalue weighted by Crippen LogP contribution is 2.35. The van der Waals surface area contributed by atoms with Crippen LogP contribution in [0.5, 0.6) is 5.75 Å². The van der Waals surface area contributed by atoms with E-state index < -0.39 is 17.6 Å². The number of hydrogen-bond donors (Lipinski definition) is 1. The summed E-state index contributed by atoms with van der Waals surface area (Å²) in [6.07, 6.45) is 0.198. The minimum Gasteiger partial charge on any atom is -0.489 e. The van der Waals surface area contributed by atoms with Crippen molar-refractivity contribution in [3.8, 4) is 5.75 Å². The number of aryl methyl sites for hydroxylation is 1. The number of benzene rings is 2. The number of ether oxygens (including phenoxy) is 1. The van der Waals surface area contributed by atoms with Crippen LogP contribution in [0.2, 0.25) is 0 Å². The quantitative estimate of drug-likeness (QED) is 0.507. The van der Waals surface area contributed by atoms with Gasteiger partial charge in [0.05, 0.1) is 5.56 Å². The van der Waals surface area contributed by atoms with E-state index in [1.54, 1.807) is 6.20 Å². The molecule has 1 aromatic heterocycles. The summed E-state index contributed by atoms with van der Waals surface area (Å²) in [6.45, 7) is 2.65. The zero-order chi connectivity index (χ0) is 20.6. The molecule has 1 aliphatic rings. The molecular formula is C22H21ClF4N2O. The Bertz CT molecular complexity index is 1040. The summed E-state index contributed by atoms with van der Waals surface area (Å²) in [5.74, 6) is -1.27. The van der Waals surface area contributed by atoms with Gasteiger partial charge in [-0.15, -0.1) is 12.4 Å². The zero-order valence-electron chi connectivity index (χ0n) is 16.2. The van der Waals surface area contributed by atoms with Gasteiger partial charge in [0.15, 0.2) is 0 Å². The summed E-state index contributed by atoms with van der Waals surface area (Å²) in [7, 11) is 0. The molecule has 3 nitrogen and oxygen atoms in total. The number of aromatic nitrogens is 1. The van der Waals surface area contributed by atoms with Gasteiger partial charge >= 0.3 is 6.18 Å². The molecule has 8 heteroatoms. The highest BCUT2D eigenvalue weighted by atomic mass is 35.5. The maximum absolute atomic E-state index is 13.4. The van der Waals surface area contributed by atoms with E-state index in [1.807, 2.05) is 25.3 Å². The lowest BCUT2D eigenvalue weighted by atomic mass is 9.88. The van der Waals surface area contributed by atoms with Crippen molar-refractivity contribution in [1.29, 1.82) is 0 Å². The molecule has 1 heterocycles. The zero-order valence-corrected chi connectivity index (χ0v) is 17.0. The third-order valence-corrected chi connectivity index (χ3v) is 5.42. The molecule has 30 heavy (non-hydrogen) atoms. The van der Waals surface area contributed by atoms with E-state index >= 15 is 0 Å². The molecule has 0 unspecified atom stereocenters. The van der Waals surface area contributed by atoms with Crippen molar-refractivity contribution in [3.63, 3.8) is 0 Å². The van der Waals surface area contributed by atoms with Crippen LogP contribution in [0.1, 0.15) is 29.5 Å². The van der Waals surface area contributed by atoms with E-state index in [0.717, 1.165) is 46.9 Å². The lowest BCUT2D eigenvalue weighted by Gasteiger charge is -2.37. The van der Waals surface area contributed by atoms with Crippen LogP contribution in [0.15, 0.2) is 48.8 Å². The first-order valence-corrected chi connectivity index (χ1v) is 9.42. The second kappa shape index (κ2) is 8.78. The van der Waals surface area contributed by atoms with Crippen molar-refractivity contribution in [1.82, 2.24) is 10.3 Å². The first-order chi connectivity index (χ1) is 13.8. The maximum Gasteiger partial charge on any atom is 0.419 e. The number of pyridine rings is 1. The van der Waals surface area contributed by atoms with Crippen LogP contribution >= 0.6 is 12.4 Å². The molecule has 160 valence electrons. The molecule has 2 atom stereocenters. The van der Waals surface area contributed by atoms with Crippen molar-refractivity contribution in [2.24, 2.45) is 0 Å². The lowest BCUT2D eigenvalue weighted by molar-refractivity contribution is -0.140. The summed E-state index contributed by atoms with van der Waals surface area (Å²) >= 11 is 0. The van der Waals surface area contributed by atoms with Gasteiger partial charge in [0.25, 0.3) is 0 Å². The molecule has 1 fully saturated rings. The van der Waals surface area contributed by atoms with Gasteiger partial charge < -0.3 is 10.1 Å². The molecule has 0 spiro atoms. The second-order valence-electron chi connectivity index (χ2n) is 7.32. The Morgan fingerprint density at radius 2 is 1.90 bits per heavy atom. The summed E-state index contributed by atoms with van der Waals surface area (Å²) < 4.78 is 57.8. The maximum atomic E-state index is 13.4. The third kappa shape index (κ3) is 4.52. The third-order valence-electron chi connectivity index (χ3n) is 5.42. The summed E-state index contributed by atoms with van der Waals surface area (Å²) in [5.41, 5.74) is 0.969. The van der Waals surface area contributed by atoms with Crippen LogP contribution in [0.3, 0.4) is 0 Å². The van der Waals surface area contributed by atoms with Crippen molar-refractivity contribution in [2.45, 2.75) is 44.6 Å². The fourth-order valence-corrected chi connectivity index (χ4v) is 3.60. The van der Waals surface area contributed by atoms with Crippen molar-refractivity contribution in [3.05, 3.63) is 71.3 Å². The Labute approximate surface area is 177 Å². The van der Waals surface area contributed by atoms with E-state index in [0.29, 0.717) is 6.54 Å². The number of rotatable bonds is 5. The number of nitrogens with one attached hydrogen (secondary N) is 1. The number of nitrogens with zero attached hydrogens (tertiary/aromatic N) is 1. The molecule has 1 N–H and O–H groups in total. The normalized spacial score (nSPS) is 18.6. The second-order valence-corrected chi connectivity index (χ2v) is 7.32. The standard InChI is InChI=1S/C22H20F4N2O.ClH/c1-13-2-3-14(16-8-9-27-12-17(13)16)11-28-20-6-7-21(20)29-15-4-5-19(23)18(10-15)22(24,25)26;/h2-5,8-10,12,20-21,28H,6-7,11H2,1H3;1H/t20-,21-;/m1./s1. The van der Waals surface area contributed by atoms with E-state index in [4.69, 9.17) is 4.74 Å². The molecular weight excluding hydrogens is 420 g/mol. The first-order valence-electron chi connectivity index (χ1n) is 9.42. The van der Waals surface area contributed by atoms with E-state index in [2.05, 4.69) is 16.4 Å². The van der Waals surface area contributed by atoms with Gasteiger partial charge in [0, 0.05) is 30.4 Å². The van der Waals surface area contributed by atoms with Crippen molar-refractivity contribution >= 4 is 23.2 Å². The fraction of sp³-hybridized carbons (Fsp3) is 0.318. The minimum atomic E-state index is -4.75. The summed E-state index contributed by atoms with van der Waals surface area (Å²) in [4.78, 5) is 4.18. The van der Waals surface area contributed by atoms with Gasteiger partial charge in [0.2, 0.25) is 0 Å². The topological polar surface area (TPSA) is 34.1 Å². The predicted octanol–water partition coefficient (Wildman–Crippen LogP) is 5.82.